The Morgan fingerprint density at radius 3 is 2.05 bits per heavy atom. The van der Waals surface area contributed by atoms with Gasteiger partial charge in [-0.15, -0.1) is 0 Å². The maximum absolute atomic E-state index is 12.7. The number of alkyl halides is 3. The van der Waals surface area contributed by atoms with Crippen LogP contribution in [-0.2, 0) is 17.4 Å². The van der Waals surface area contributed by atoms with E-state index < -0.39 is 17.7 Å². The van der Waals surface area contributed by atoms with Crippen LogP contribution in [0.4, 0.5) is 13.2 Å². The van der Waals surface area contributed by atoms with Crippen LogP contribution in [0.25, 0.3) is 0 Å². The smallest absolute Gasteiger partial charge is 0.416 e. The number of hydrogen-bond donors (Lipinski definition) is 1. The fourth-order valence-corrected chi connectivity index (χ4v) is 3.80. The number of aryl methyl sites for hydroxylation is 2. The van der Waals surface area contributed by atoms with Crippen LogP contribution in [0.15, 0.2) is 66.7 Å². The summed E-state index contributed by atoms with van der Waals surface area (Å²) in [5, 5.41) is 8.87. The minimum atomic E-state index is -4.38. The highest BCUT2D eigenvalue weighted by molar-refractivity contribution is 5.67. The number of ether oxygens (including phenoxy) is 3. The molecule has 0 amide bonds. The van der Waals surface area contributed by atoms with Crippen LogP contribution < -0.4 is 14.2 Å². The van der Waals surface area contributed by atoms with Gasteiger partial charge >= 0.3 is 12.1 Å². The fraction of sp³-hybridized carbons (Fsp3) is 0.345. The quantitative estimate of drug-likeness (QED) is 0.251. The molecule has 0 unspecified atom stereocenters. The molecule has 8 heteroatoms. The number of halogens is 3. The molecule has 0 fully saturated rings. The predicted molar refractivity (Wildman–Crippen MR) is 135 cm³/mol. The van der Waals surface area contributed by atoms with Gasteiger partial charge in [0.15, 0.2) is 0 Å². The van der Waals surface area contributed by atoms with Crippen molar-refractivity contribution in [1.82, 2.24) is 0 Å². The van der Waals surface area contributed by atoms with E-state index in [-0.39, 0.29) is 12.5 Å². The minimum absolute atomic E-state index is 0.0531. The Morgan fingerprint density at radius 2 is 1.49 bits per heavy atom. The first-order valence-corrected chi connectivity index (χ1v) is 12.2. The molecule has 0 saturated carbocycles. The summed E-state index contributed by atoms with van der Waals surface area (Å²) in [6, 6.07) is 17.2. The summed E-state index contributed by atoms with van der Waals surface area (Å²) in [4.78, 5) is 10.8. The molecule has 1 atom stereocenters. The van der Waals surface area contributed by atoms with Crippen LogP contribution in [0.3, 0.4) is 0 Å². The Balaban J connectivity index is 1.50. The van der Waals surface area contributed by atoms with E-state index in [2.05, 4.69) is 6.92 Å². The van der Waals surface area contributed by atoms with Crippen LogP contribution in [-0.4, -0.2) is 23.8 Å². The Kier molecular flexibility index (Phi) is 9.83. The summed E-state index contributed by atoms with van der Waals surface area (Å²) in [7, 11) is 0. The highest BCUT2D eigenvalue weighted by Crippen LogP contribution is 2.32. The molecule has 0 aromatic heterocycles. The summed E-state index contributed by atoms with van der Waals surface area (Å²) in [5.41, 5.74) is 1.27. The van der Waals surface area contributed by atoms with Crippen LogP contribution in [0, 0.1) is 6.92 Å². The van der Waals surface area contributed by atoms with Gasteiger partial charge < -0.3 is 19.3 Å². The number of carbonyl (C=O) groups is 1. The van der Waals surface area contributed by atoms with E-state index in [1.165, 1.54) is 12.1 Å². The third-order valence-electron chi connectivity index (χ3n) is 5.79. The van der Waals surface area contributed by atoms with Gasteiger partial charge in [0.1, 0.15) is 29.1 Å². The molecule has 3 aromatic rings. The van der Waals surface area contributed by atoms with E-state index in [0.717, 1.165) is 41.9 Å². The number of hydrogen-bond acceptors (Lipinski definition) is 4. The maximum atomic E-state index is 12.7. The zero-order valence-electron chi connectivity index (χ0n) is 20.9. The van der Waals surface area contributed by atoms with Gasteiger partial charge in [0, 0.05) is 12.8 Å². The molecule has 37 heavy (non-hydrogen) atoms. The second kappa shape index (κ2) is 13.0. The van der Waals surface area contributed by atoms with Gasteiger partial charge in [0.25, 0.3) is 0 Å². The van der Waals surface area contributed by atoms with E-state index in [0.29, 0.717) is 36.7 Å². The summed E-state index contributed by atoms with van der Waals surface area (Å²) >= 11 is 0. The summed E-state index contributed by atoms with van der Waals surface area (Å²) in [6.07, 6.45) is -1.39. The van der Waals surface area contributed by atoms with Crippen molar-refractivity contribution in [3.8, 4) is 23.0 Å². The lowest BCUT2D eigenvalue weighted by Gasteiger charge is -2.19. The third-order valence-corrected chi connectivity index (χ3v) is 5.79. The van der Waals surface area contributed by atoms with Gasteiger partial charge in [0.2, 0.25) is 0 Å². The number of benzene rings is 3. The molecule has 0 aliphatic rings. The second-order valence-electron chi connectivity index (χ2n) is 8.74. The highest BCUT2D eigenvalue weighted by Gasteiger charge is 2.30. The van der Waals surface area contributed by atoms with E-state index in [9.17, 15) is 18.0 Å². The largest absolute Gasteiger partial charge is 0.493 e. The monoisotopic (exact) mass is 516 g/mol. The SMILES string of the molecule is CCC[C@@H](CCOc1ccc(CCC(=O)O)c(C)c1)Oc1ccc(Oc2ccc(C(F)(F)F)cc2)cc1. The van der Waals surface area contributed by atoms with Gasteiger partial charge in [-0.25, -0.2) is 0 Å². The Labute approximate surface area is 214 Å². The third kappa shape index (κ3) is 9.04. The van der Waals surface area contributed by atoms with Gasteiger partial charge in [-0.2, -0.15) is 13.2 Å². The van der Waals surface area contributed by atoms with E-state index >= 15 is 0 Å². The second-order valence-corrected chi connectivity index (χ2v) is 8.74. The summed E-state index contributed by atoms with van der Waals surface area (Å²) in [5.74, 6) is 1.38. The van der Waals surface area contributed by atoms with Crippen LogP contribution in [0.1, 0.15) is 49.3 Å². The van der Waals surface area contributed by atoms with Gasteiger partial charge in [0.05, 0.1) is 12.2 Å². The molecular weight excluding hydrogens is 485 g/mol. The lowest BCUT2D eigenvalue weighted by atomic mass is 10.0. The first kappa shape index (κ1) is 27.9. The Hall–Kier alpha value is -3.68. The van der Waals surface area contributed by atoms with Gasteiger partial charge in [-0.05, 0) is 91.6 Å². The Morgan fingerprint density at radius 1 is 0.892 bits per heavy atom. The molecule has 3 rings (SSSR count). The molecule has 0 saturated heterocycles. The first-order valence-electron chi connectivity index (χ1n) is 12.2. The van der Waals surface area contributed by atoms with Crippen molar-refractivity contribution in [2.75, 3.05) is 6.61 Å². The molecular formula is C29H31F3O5. The molecule has 0 aliphatic heterocycles. The van der Waals surface area contributed by atoms with Crippen molar-refractivity contribution in [3.63, 3.8) is 0 Å². The van der Waals surface area contributed by atoms with E-state index in [1.54, 1.807) is 24.3 Å². The zero-order chi connectivity index (χ0) is 26.8. The standard InChI is InChI=1S/C29H31F3O5/c1-3-4-23(17-18-35-27-9-5-21(20(2)19-27)6-16-28(33)34)36-25-12-14-26(15-13-25)37-24-10-7-22(8-11-24)29(30,31)32/h5,7-15,19,23H,3-4,6,16-18H2,1-2H3,(H,33,34)/t23-/m0/s1. The molecule has 5 nitrogen and oxygen atoms in total. The molecule has 0 heterocycles. The van der Waals surface area contributed by atoms with E-state index in [1.807, 2.05) is 25.1 Å². The minimum Gasteiger partial charge on any atom is -0.493 e. The summed E-state index contributed by atoms with van der Waals surface area (Å²) in [6.45, 7) is 4.49. The molecule has 1 N–H and O–H groups in total. The van der Waals surface area contributed by atoms with Crippen molar-refractivity contribution in [3.05, 3.63) is 83.4 Å². The summed E-state index contributed by atoms with van der Waals surface area (Å²) < 4.78 is 55.8. The van der Waals surface area contributed by atoms with Crippen molar-refractivity contribution in [2.24, 2.45) is 0 Å². The lowest BCUT2D eigenvalue weighted by Crippen LogP contribution is -2.19. The molecule has 198 valence electrons. The van der Waals surface area contributed by atoms with Crippen molar-refractivity contribution >= 4 is 5.97 Å². The average Bonchev–Trinajstić information content (AvgIpc) is 2.84. The van der Waals surface area contributed by atoms with Crippen LogP contribution in [0.5, 0.6) is 23.0 Å². The van der Waals surface area contributed by atoms with Crippen molar-refractivity contribution in [2.45, 2.75) is 58.2 Å². The highest BCUT2D eigenvalue weighted by atomic mass is 19.4. The average molecular weight is 517 g/mol. The van der Waals surface area contributed by atoms with Crippen molar-refractivity contribution in [1.29, 1.82) is 0 Å². The normalized spacial score (nSPS) is 12.1. The molecule has 0 radical (unpaired) electrons. The number of carboxylic acids is 1. The Bertz CT molecular complexity index is 1140. The topological polar surface area (TPSA) is 65.0 Å². The van der Waals surface area contributed by atoms with Crippen LogP contribution >= 0.6 is 0 Å². The zero-order valence-corrected chi connectivity index (χ0v) is 20.9. The molecule has 0 bridgehead atoms. The fourth-order valence-electron chi connectivity index (χ4n) is 3.80. The van der Waals surface area contributed by atoms with Crippen LogP contribution in [0.2, 0.25) is 0 Å². The lowest BCUT2D eigenvalue weighted by molar-refractivity contribution is -0.138. The predicted octanol–water partition coefficient (Wildman–Crippen LogP) is 7.84. The number of rotatable bonds is 13. The van der Waals surface area contributed by atoms with Crippen molar-refractivity contribution < 1.29 is 37.3 Å². The molecule has 0 aliphatic carbocycles. The maximum Gasteiger partial charge on any atom is 0.416 e. The molecule has 0 spiro atoms. The number of carboxylic acid groups (broad SMARTS) is 1. The van der Waals surface area contributed by atoms with E-state index in [4.69, 9.17) is 19.3 Å². The number of aliphatic carboxylic acids is 1. The van der Waals surface area contributed by atoms with Gasteiger partial charge in [-0.3, -0.25) is 4.79 Å². The van der Waals surface area contributed by atoms with Gasteiger partial charge in [-0.1, -0.05) is 19.4 Å². The first-order chi connectivity index (χ1) is 17.6. The molecule has 3 aromatic carbocycles.